The summed E-state index contributed by atoms with van der Waals surface area (Å²) in [5.74, 6) is 0.0363. The van der Waals surface area contributed by atoms with Crippen LogP contribution in [-0.2, 0) is 15.3 Å². The molecule has 2 aliphatic rings. The Morgan fingerprint density at radius 1 is 1.35 bits per heavy atom. The first-order valence-corrected chi connectivity index (χ1v) is 11.9. The molecule has 0 aromatic heterocycles. The molecule has 2 fully saturated rings. The molecule has 0 amide bonds. The first-order valence-electron chi connectivity index (χ1n) is 10.9. The third-order valence-corrected chi connectivity index (χ3v) is 8.09. The lowest BCUT2D eigenvalue weighted by molar-refractivity contribution is -0.117. The molecule has 2 saturated carbocycles. The number of ether oxygens (including phenoxy) is 1. The van der Waals surface area contributed by atoms with Crippen molar-refractivity contribution in [3.63, 3.8) is 0 Å². The third kappa shape index (κ3) is 5.48. The number of thioether (sulfide) groups is 1. The molecule has 0 heterocycles. The van der Waals surface area contributed by atoms with E-state index in [2.05, 4.69) is 6.58 Å². The number of rotatable bonds is 10. The van der Waals surface area contributed by atoms with Gasteiger partial charge in [-0.2, -0.15) is 0 Å². The zero-order chi connectivity index (χ0) is 22.4. The molecule has 0 spiro atoms. The molecule has 0 radical (unpaired) electrons. The normalized spacial score (nSPS) is 25.9. The highest BCUT2D eigenvalue weighted by Crippen LogP contribution is 2.48. The number of allylic oxidation sites excluding steroid dienone is 1. The Hall–Kier alpha value is -1.89. The van der Waals surface area contributed by atoms with Crippen LogP contribution in [0, 0.1) is 11.3 Å². The largest absolute Gasteiger partial charge is 0.465 e. The van der Waals surface area contributed by atoms with Crippen LogP contribution < -0.4 is 0 Å². The van der Waals surface area contributed by atoms with Crippen molar-refractivity contribution in [2.24, 2.45) is 11.3 Å². The Kier molecular flexibility index (Phi) is 8.14. The number of benzene rings is 1. The van der Waals surface area contributed by atoms with Gasteiger partial charge in [0, 0.05) is 23.5 Å². The summed E-state index contributed by atoms with van der Waals surface area (Å²) in [6.45, 7) is 3.82. The quantitative estimate of drug-likeness (QED) is 0.418. The zero-order valence-corrected chi connectivity index (χ0v) is 18.9. The number of hydrogen-bond donors (Lipinski definition) is 2. The number of aliphatic hydroxyl groups is 2. The number of hydrogen-bond acceptors (Lipinski definition) is 6. The summed E-state index contributed by atoms with van der Waals surface area (Å²) in [6.07, 6.45) is 9.30. The van der Waals surface area contributed by atoms with Crippen molar-refractivity contribution in [3.05, 3.63) is 60.2 Å². The van der Waals surface area contributed by atoms with Crippen LogP contribution in [-0.4, -0.2) is 46.5 Å². The summed E-state index contributed by atoms with van der Waals surface area (Å²) in [5, 5.41) is 20.8. The van der Waals surface area contributed by atoms with Crippen LogP contribution in [0.5, 0.6) is 0 Å². The predicted octanol–water partition coefficient (Wildman–Crippen LogP) is 4.08. The molecule has 2 aliphatic carbocycles. The minimum absolute atomic E-state index is 0.0548. The Labute approximate surface area is 188 Å². The van der Waals surface area contributed by atoms with Gasteiger partial charge in [0.1, 0.15) is 5.78 Å². The van der Waals surface area contributed by atoms with Gasteiger partial charge in [0.2, 0.25) is 0 Å². The zero-order valence-electron chi connectivity index (χ0n) is 18.0. The van der Waals surface area contributed by atoms with Gasteiger partial charge in [0.05, 0.1) is 30.1 Å². The average molecular weight is 445 g/mol. The van der Waals surface area contributed by atoms with E-state index in [4.69, 9.17) is 4.74 Å². The van der Waals surface area contributed by atoms with Crippen molar-refractivity contribution in [3.8, 4) is 0 Å². The van der Waals surface area contributed by atoms with Crippen LogP contribution in [0.25, 0.3) is 0 Å². The van der Waals surface area contributed by atoms with Gasteiger partial charge in [-0.25, -0.2) is 4.79 Å². The van der Waals surface area contributed by atoms with Crippen molar-refractivity contribution in [1.29, 1.82) is 0 Å². The molecule has 0 saturated heterocycles. The lowest BCUT2D eigenvalue weighted by atomic mass is 9.62. The lowest BCUT2D eigenvalue weighted by Gasteiger charge is -2.45. The molecule has 6 heteroatoms. The van der Waals surface area contributed by atoms with Crippen LogP contribution in [0.4, 0.5) is 0 Å². The number of esters is 1. The molecule has 4 atom stereocenters. The molecular formula is C25H32O5S. The van der Waals surface area contributed by atoms with Gasteiger partial charge in [0.25, 0.3) is 0 Å². The topological polar surface area (TPSA) is 83.8 Å². The summed E-state index contributed by atoms with van der Waals surface area (Å²) >= 11 is 1.51. The number of Topliss-reactive ketones (excluding diaryl/α,β-unsaturated/α-hetero) is 1. The average Bonchev–Trinajstić information content (AvgIpc) is 3.01. The monoisotopic (exact) mass is 444 g/mol. The minimum atomic E-state index is -0.689. The molecule has 3 rings (SSSR count). The fraction of sp³-hybridized carbons (Fsp3) is 0.520. The minimum Gasteiger partial charge on any atom is -0.465 e. The highest BCUT2D eigenvalue weighted by atomic mass is 32.2. The van der Waals surface area contributed by atoms with Gasteiger partial charge < -0.3 is 14.9 Å². The fourth-order valence-electron chi connectivity index (χ4n) is 4.56. The highest BCUT2D eigenvalue weighted by Gasteiger charge is 2.42. The molecule has 1 aromatic carbocycles. The van der Waals surface area contributed by atoms with Crippen LogP contribution in [0.3, 0.4) is 0 Å². The summed E-state index contributed by atoms with van der Waals surface area (Å²) < 4.78 is 4.71. The van der Waals surface area contributed by atoms with E-state index in [9.17, 15) is 19.8 Å². The molecule has 0 bridgehead atoms. The van der Waals surface area contributed by atoms with Crippen molar-refractivity contribution >= 4 is 23.5 Å². The predicted molar refractivity (Wildman–Crippen MR) is 123 cm³/mol. The smallest absolute Gasteiger partial charge is 0.337 e. The highest BCUT2D eigenvalue weighted by molar-refractivity contribution is 7.99. The van der Waals surface area contributed by atoms with Gasteiger partial charge >= 0.3 is 5.97 Å². The molecule has 1 aromatic rings. The SMILES string of the molecule is C=CCC1(C(O)CC=C[C@H]2C(O)CC(=O)C2SCc2ccc(C(=O)OC)cc2)CCC1. The third-order valence-electron chi connectivity index (χ3n) is 6.65. The van der Waals surface area contributed by atoms with E-state index >= 15 is 0 Å². The summed E-state index contributed by atoms with van der Waals surface area (Å²) in [5.41, 5.74) is 1.44. The molecule has 5 nitrogen and oxygen atoms in total. The number of ketones is 1. The second-order valence-corrected chi connectivity index (χ2v) is 9.75. The maximum atomic E-state index is 12.5. The Balaban J connectivity index is 1.58. The van der Waals surface area contributed by atoms with Gasteiger partial charge in [-0.05, 0) is 43.4 Å². The van der Waals surface area contributed by atoms with Gasteiger partial charge in [0.15, 0.2) is 0 Å². The molecule has 168 valence electrons. The van der Waals surface area contributed by atoms with E-state index in [0.717, 1.165) is 31.2 Å². The summed E-state index contributed by atoms with van der Waals surface area (Å²) in [6, 6.07) is 7.14. The van der Waals surface area contributed by atoms with Gasteiger partial charge in [-0.15, -0.1) is 18.3 Å². The second-order valence-electron chi connectivity index (χ2n) is 8.62. The van der Waals surface area contributed by atoms with Crippen LogP contribution in [0.15, 0.2) is 49.1 Å². The van der Waals surface area contributed by atoms with E-state index in [1.165, 1.54) is 18.9 Å². The maximum Gasteiger partial charge on any atom is 0.337 e. The maximum absolute atomic E-state index is 12.5. The lowest BCUT2D eigenvalue weighted by Crippen LogP contribution is -2.40. The number of aliphatic hydroxyl groups excluding tert-OH is 2. The van der Waals surface area contributed by atoms with Gasteiger partial charge in [-0.1, -0.05) is 36.8 Å². The molecule has 3 unspecified atom stereocenters. The molecule has 2 N–H and O–H groups in total. The Morgan fingerprint density at radius 3 is 2.65 bits per heavy atom. The van der Waals surface area contributed by atoms with E-state index < -0.39 is 12.2 Å². The van der Waals surface area contributed by atoms with Crippen molar-refractivity contribution in [2.75, 3.05) is 7.11 Å². The summed E-state index contributed by atoms with van der Waals surface area (Å²) in [7, 11) is 1.35. The van der Waals surface area contributed by atoms with E-state index in [1.54, 1.807) is 12.1 Å². The fourth-order valence-corrected chi connectivity index (χ4v) is 5.90. The number of carbonyl (C=O) groups excluding carboxylic acids is 2. The van der Waals surface area contributed by atoms with Crippen LogP contribution in [0.1, 0.15) is 54.4 Å². The molecular weight excluding hydrogens is 412 g/mol. The number of carbonyl (C=O) groups is 2. The van der Waals surface area contributed by atoms with E-state index in [-0.39, 0.29) is 34.8 Å². The van der Waals surface area contributed by atoms with Gasteiger partial charge in [-0.3, -0.25) is 4.79 Å². The first kappa shape index (κ1) is 23.8. The van der Waals surface area contributed by atoms with E-state index in [0.29, 0.717) is 17.7 Å². The number of methoxy groups -OCH3 is 1. The van der Waals surface area contributed by atoms with E-state index in [1.807, 2.05) is 30.4 Å². The van der Waals surface area contributed by atoms with Crippen molar-refractivity contribution < 1.29 is 24.5 Å². The summed E-state index contributed by atoms with van der Waals surface area (Å²) in [4.78, 5) is 24.0. The Morgan fingerprint density at radius 2 is 2.06 bits per heavy atom. The Bertz CT molecular complexity index is 812. The second kappa shape index (κ2) is 10.6. The molecule has 31 heavy (non-hydrogen) atoms. The van der Waals surface area contributed by atoms with Crippen molar-refractivity contribution in [2.45, 2.75) is 61.7 Å². The van der Waals surface area contributed by atoms with Crippen LogP contribution in [0.2, 0.25) is 0 Å². The molecule has 0 aliphatic heterocycles. The van der Waals surface area contributed by atoms with Crippen molar-refractivity contribution in [1.82, 2.24) is 0 Å². The first-order chi connectivity index (χ1) is 14.9. The standard InChI is InChI=1S/C25H32O5S/c1-3-12-25(13-5-14-25)22(28)7-4-6-19-20(26)15-21(27)23(19)31-16-17-8-10-18(11-9-17)24(29)30-2/h3-4,6,8-11,19-20,22-23,26,28H,1,5,7,12-16H2,2H3/t19-,20?,22?,23?/m0/s1. The van der Waals surface area contributed by atoms with Crippen LogP contribution >= 0.6 is 11.8 Å².